The third kappa shape index (κ3) is 4.36. The van der Waals surface area contributed by atoms with E-state index in [1.165, 1.54) is 12.8 Å². The van der Waals surface area contributed by atoms with Crippen LogP contribution in [0.2, 0.25) is 0 Å². The maximum atomic E-state index is 10.8. The highest BCUT2D eigenvalue weighted by Gasteiger charge is 2.19. The van der Waals surface area contributed by atoms with Gasteiger partial charge >= 0.3 is 5.97 Å². The Morgan fingerprint density at radius 1 is 1.38 bits per heavy atom. The average molecular weight is 293 g/mol. The number of carboxylic acid groups (broad SMARTS) is 1. The van der Waals surface area contributed by atoms with E-state index in [2.05, 4.69) is 0 Å². The zero-order valence-electron chi connectivity index (χ0n) is 12.4. The van der Waals surface area contributed by atoms with Crippen LogP contribution in [-0.2, 0) is 11.2 Å². The van der Waals surface area contributed by atoms with Gasteiger partial charge in [0.15, 0.2) is 11.5 Å². The van der Waals surface area contributed by atoms with E-state index in [4.69, 9.17) is 20.3 Å². The molecule has 0 aliphatic heterocycles. The molecule has 21 heavy (non-hydrogen) atoms. The fourth-order valence-corrected chi connectivity index (χ4v) is 2.57. The van der Waals surface area contributed by atoms with Crippen molar-refractivity contribution >= 4 is 5.97 Å². The quantitative estimate of drug-likeness (QED) is 0.806. The van der Waals surface area contributed by atoms with Gasteiger partial charge < -0.3 is 20.3 Å². The van der Waals surface area contributed by atoms with Gasteiger partial charge in [-0.05, 0) is 56.7 Å². The molecular weight excluding hydrogens is 270 g/mol. The van der Waals surface area contributed by atoms with Crippen LogP contribution in [0.4, 0.5) is 0 Å². The van der Waals surface area contributed by atoms with Crippen LogP contribution < -0.4 is 15.2 Å². The number of carbonyl (C=O) groups is 1. The highest BCUT2D eigenvalue weighted by atomic mass is 16.5. The van der Waals surface area contributed by atoms with E-state index in [0.717, 1.165) is 24.2 Å². The SMILES string of the molecule is CCOc1cc(CC(N)C(=O)O)ccc1OC1CCCC1. The van der Waals surface area contributed by atoms with E-state index in [9.17, 15) is 4.79 Å². The van der Waals surface area contributed by atoms with Crippen LogP contribution in [-0.4, -0.2) is 29.8 Å². The van der Waals surface area contributed by atoms with E-state index in [-0.39, 0.29) is 12.5 Å². The Kier molecular flexibility index (Phi) is 5.44. The van der Waals surface area contributed by atoms with Gasteiger partial charge in [-0.15, -0.1) is 0 Å². The molecule has 1 aliphatic rings. The van der Waals surface area contributed by atoms with Gasteiger partial charge in [-0.1, -0.05) is 6.07 Å². The van der Waals surface area contributed by atoms with Gasteiger partial charge in [-0.3, -0.25) is 4.79 Å². The Morgan fingerprint density at radius 2 is 2.10 bits per heavy atom. The number of hydrogen-bond acceptors (Lipinski definition) is 4. The van der Waals surface area contributed by atoms with Gasteiger partial charge in [-0.2, -0.15) is 0 Å². The molecule has 1 aliphatic carbocycles. The lowest BCUT2D eigenvalue weighted by molar-refractivity contribution is -0.138. The highest BCUT2D eigenvalue weighted by molar-refractivity contribution is 5.73. The van der Waals surface area contributed by atoms with Crippen LogP contribution in [0, 0.1) is 0 Å². The second-order valence-corrected chi connectivity index (χ2v) is 5.39. The zero-order chi connectivity index (χ0) is 15.2. The van der Waals surface area contributed by atoms with Crippen LogP contribution in [0.3, 0.4) is 0 Å². The summed E-state index contributed by atoms with van der Waals surface area (Å²) in [6.07, 6.45) is 5.12. The van der Waals surface area contributed by atoms with Crippen molar-refractivity contribution in [2.24, 2.45) is 5.73 Å². The molecule has 2 rings (SSSR count). The molecule has 0 bridgehead atoms. The largest absolute Gasteiger partial charge is 0.490 e. The maximum absolute atomic E-state index is 10.8. The first-order valence-electron chi connectivity index (χ1n) is 7.51. The lowest BCUT2D eigenvalue weighted by Gasteiger charge is -2.17. The van der Waals surface area contributed by atoms with Gasteiger partial charge in [-0.25, -0.2) is 0 Å². The molecule has 1 aromatic rings. The number of carboxylic acids is 1. The Hall–Kier alpha value is -1.75. The Balaban J connectivity index is 2.11. The van der Waals surface area contributed by atoms with Crippen LogP contribution >= 0.6 is 0 Å². The summed E-state index contributed by atoms with van der Waals surface area (Å²) in [5.41, 5.74) is 6.41. The minimum absolute atomic E-state index is 0.260. The summed E-state index contributed by atoms with van der Waals surface area (Å²) in [6, 6.07) is 4.64. The lowest BCUT2D eigenvalue weighted by atomic mass is 10.1. The summed E-state index contributed by atoms with van der Waals surface area (Å²) in [4.78, 5) is 10.8. The number of aliphatic carboxylic acids is 1. The van der Waals surface area contributed by atoms with Gasteiger partial charge in [0.05, 0.1) is 12.7 Å². The van der Waals surface area contributed by atoms with Crippen LogP contribution in [0.25, 0.3) is 0 Å². The topological polar surface area (TPSA) is 81.8 Å². The monoisotopic (exact) mass is 293 g/mol. The fourth-order valence-electron chi connectivity index (χ4n) is 2.57. The lowest BCUT2D eigenvalue weighted by Crippen LogP contribution is -2.32. The molecule has 0 heterocycles. The van der Waals surface area contributed by atoms with Gasteiger partial charge in [0, 0.05) is 0 Å². The molecule has 1 aromatic carbocycles. The third-order valence-corrected chi connectivity index (χ3v) is 3.68. The second kappa shape index (κ2) is 7.31. The molecule has 1 atom stereocenters. The number of hydrogen-bond donors (Lipinski definition) is 2. The molecule has 0 aromatic heterocycles. The van der Waals surface area contributed by atoms with E-state index >= 15 is 0 Å². The summed E-state index contributed by atoms with van der Waals surface area (Å²) < 4.78 is 11.6. The van der Waals surface area contributed by atoms with Crippen molar-refractivity contribution in [3.05, 3.63) is 23.8 Å². The second-order valence-electron chi connectivity index (χ2n) is 5.39. The van der Waals surface area contributed by atoms with Crippen molar-refractivity contribution in [3.8, 4) is 11.5 Å². The van der Waals surface area contributed by atoms with E-state index in [1.807, 2.05) is 25.1 Å². The van der Waals surface area contributed by atoms with E-state index in [0.29, 0.717) is 12.4 Å². The first kappa shape index (κ1) is 15.6. The van der Waals surface area contributed by atoms with Crippen molar-refractivity contribution in [2.45, 2.75) is 51.2 Å². The molecule has 0 amide bonds. The smallest absolute Gasteiger partial charge is 0.320 e. The van der Waals surface area contributed by atoms with Crippen LogP contribution in [0.15, 0.2) is 18.2 Å². The van der Waals surface area contributed by atoms with Gasteiger partial charge in [0.25, 0.3) is 0 Å². The van der Waals surface area contributed by atoms with E-state index < -0.39 is 12.0 Å². The predicted molar refractivity (Wildman–Crippen MR) is 79.8 cm³/mol. The highest BCUT2D eigenvalue weighted by Crippen LogP contribution is 2.32. The summed E-state index contributed by atoms with van der Waals surface area (Å²) in [5, 5.41) is 8.88. The van der Waals surface area contributed by atoms with Crippen molar-refractivity contribution < 1.29 is 19.4 Å². The summed E-state index contributed by atoms with van der Waals surface area (Å²) in [7, 11) is 0. The summed E-state index contributed by atoms with van der Waals surface area (Å²) >= 11 is 0. The fraction of sp³-hybridized carbons (Fsp3) is 0.562. The van der Waals surface area contributed by atoms with E-state index in [1.54, 1.807) is 0 Å². The number of nitrogens with two attached hydrogens (primary N) is 1. The minimum Gasteiger partial charge on any atom is -0.490 e. The summed E-state index contributed by atoms with van der Waals surface area (Å²) in [5.74, 6) is 0.398. The Bertz CT molecular complexity index is 483. The molecule has 116 valence electrons. The van der Waals surface area contributed by atoms with Crippen molar-refractivity contribution in [1.29, 1.82) is 0 Å². The van der Waals surface area contributed by atoms with Crippen LogP contribution in [0.1, 0.15) is 38.2 Å². The molecule has 1 unspecified atom stereocenters. The average Bonchev–Trinajstić information content (AvgIpc) is 2.95. The van der Waals surface area contributed by atoms with Crippen molar-refractivity contribution in [2.75, 3.05) is 6.61 Å². The molecule has 0 spiro atoms. The normalized spacial score (nSPS) is 16.7. The molecule has 0 saturated heterocycles. The number of benzene rings is 1. The molecule has 0 radical (unpaired) electrons. The molecule has 3 N–H and O–H groups in total. The molecule has 1 fully saturated rings. The van der Waals surface area contributed by atoms with Crippen molar-refractivity contribution in [1.82, 2.24) is 0 Å². The standard InChI is InChI=1S/C16H23NO4/c1-2-20-15-10-11(9-13(17)16(18)19)7-8-14(15)21-12-5-3-4-6-12/h7-8,10,12-13H,2-6,9,17H2,1H3,(H,18,19). The van der Waals surface area contributed by atoms with Crippen molar-refractivity contribution in [3.63, 3.8) is 0 Å². The Labute approximate surface area is 125 Å². The minimum atomic E-state index is -1.00. The maximum Gasteiger partial charge on any atom is 0.320 e. The van der Waals surface area contributed by atoms with Crippen LogP contribution in [0.5, 0.6) is 11.5 Å². The predicted octanol–water partition coefficient (Wildman–Crippen LogP) is 2.36. The third-order valence-electron chi connectivity index (χ3n) is 3.68. The molecular formula is C16H23NO4. The first-order valence-corrected chi connectivity index (χ1v) is 7.51. The zero-order valence-corrected chi connectivity index (χ0v) is 12.4. The number of rotatable bonds is 7. The number of ether oxygens (including phenoxy) is 2. The molecule has 5 heteroatoms. The summed E-state index contributed by atoms with van der Waals surface area (Å²) in [6.45, 7) is 2.45. The Morgan fingerprint density at radius 3 is 2.71 bits per heavy atom. The molecule has 5 nitrogen and oxygen atoms in total. The first-order chi connectivity index (χ1) is 10.1. The van der Waals surface area contributed by atoms with Gasteiger partial charge in [0.1, 0.15) is 6.04 Å². The molecule has 1 saturated carbocycles. The van der Waals surface area contributed by atoms with Gasteiger partial charge in [0.2, 0.25) is 0 Å².